The molecule has 0 fully saturated rings. The molecule has 110 valence electrons. The van der Waals surface area contributed by atoms with Crippen LogP contribution in [-0.4, -0.2) is 28.5 Å². The number of halogens is 4. The van der Waals surface area contributed by atoms with Crippen LogP contribution >= 0.6 is 15.9 Å². The molecule has 3 nitrogen and oxygen atoms in total. The van der Waals surface area contributed by atoms with Crippen LogP contribution in [0, 0.1) is 6.92 Å². The Morgan fingerprint density at radius 3 is 2.47 bits per heavy atom. The molecular weight excluding hydrogens is 323 g/mol. The minimum atomic E-state index is -4.16. The zero-order valence-corrected chi connectivity index (χ0v) is 12.9. The van der Waals surface area contributed by atoms with Gasteiger partial charge in [0.1, 0.15) is 0 Å². The van der Waals surface area contributed by atoms with E-state index in [0.29, 0.717) is 13.0 Å². The standard InChI is InChI=1S/C12H19BrF3N3/c1-4-5-17-9(7-12(14,15)16)6-10-11(13)8(2)18-19(10)3/h9,17H,4-7H2,1-3H3. The molecule has 1 N–H and O–H groups in total. The van der Waals surface area contributed by atoms with Gasteiger partial charge in [0, 0.05) is 19.5 Å². The molecule has 0 bridgehead atoms. The van der Waals surface area contributed by atoms with Crippen LogP contribution in [0.25, 0.3) is 0 Å². The van der Waals surface area contributed by atoms with Gasteiger partial charge in [-0.2, -0.15) is 18.3 Å². The SMILES string of the molecule is CCCNC(Cc1c(Br)c(C)nn1C)CC(F)(F)F. The van der Waals surface area contributed by atoms with Crippen LogP contribution in [0.15, 0.2) is 4.47 Å². The second kappa shape index (κ2) is 6.74. The minimum absolute atomic E-state index is 0.303. The lowest BCUT2D eigenvalue weighted by atomic mass is 10.1. The maximum absolute atomic E-state index is 12.6. The number of nitrogens with one attached hydrogen (secondary N) is 1. The van der Waals surface area contributed by atoms with Gasteiger partial charge in [-0.3, -0.25) is 4.68 Å². The van der Waals surface area contributed by atoms with Crippen molar-refractivity contribution in [2.24, 2.45) is 7.05 Å². The molecule has 19 heavy (non-hydrogen) atoms. The zero-order chi connectivity index (χ0) is 14.6. The first kappa shape index (κ1) is 16.5. The summed E-state index contributed by atoms with van der Waals surface area (Å²) in [5.74, 6) is 0. The molecule has 1 heterocycles. The van der Waals surface area contributed by atoms with E-state index in [2.05, 4.69) is 26.3 Å². The third kappa shape index (κ3) is 5.14. The molecular formula is C12H19BrF3N3. The monoisotopic (exact) mass is 341 g/mol. The van der Waals surface area contributed by atoms with Crippen LogP contribution in [0.3, 0.4) is 0 Å². The maximum Gasteiger partial charge on any atom is 0.390 e. The molecule has 0 saturated carbocycles. The summed E-state index contributed by atoms with van der Waals surface area (Å²) in [5, 5.41) is 7.16. The predicted molar refractivity (Wildman–Crippen MR) is 72.1 cm³/mol. The molecule has 1 unspecified atom stereocenters. The third-order valence-corrected chi connectivity index (χ3v) is 3.89. The molecule has 0 saturated heterocycles. The third-order valence-electron chi connectivity index (χ3n) is 2.86. The fourth-order valence-electron chi connectivity index (χ4n) is 1.98. The van der Waals surface area contributed by atoms with Gasteiger partial charge in [-0.05, 0) is 35.8 Å². The van der Waals surface area contributed by atoms with E-state index in [4.69, 9.17) is 0 Å². The average Bonchev–Trinajstić information content (AvgIpc) is 2.51. The summed E-state index contributed by atoms with van der Waals surface area (Å²) in [5.41, 5.74) is 1.58. The van der Waals surface area contributed by atoms with Crippen molar-refractivity contribution < 1.29 is 13.2 Å². The lowest BCUT2D eigenvalue weighted by molar-refractivity contribution is -0.140. The van der Waals surface area contributed by atoms with Crippen molar-refractivity contribution in [3.05, 3.63) is 15.9 Å². The molecule has 0 aliphatic heterocycles. The van der Waals surface area contributed by atoms with Crippen molar-refractivity contribution >= 4 is 15.9 Å². The lowest BCUT2D eigenvalue weighted by Gasteiger charge is -2.20. The molecule has 7 heteroatoms. The topological polar surface area (TPSA) is 29.9 Å². The van der Waals surface area contributed by atoms with E-state index in [9.17, 15) is 13.2 Å². The van der Waals surface area contributed by atoms with Crippen LogP contribution in [0.1, 0.15) is 31.2 Å². The molecule has 1 aromatic heterocycles. The fraction of sp³-hybridized carbons (Fsp3) is 0.750. The largest absolute Gasteiger partial charge is 0.390 e. The highest BCUT2D eigenvalue weighted by molar-refractivity contribution is 9.10. The number of nitrogens with zero attached hydrogens (tertiary/aromatic N) is 2. The number of hydrogen-bond acceptors (Lipinski definition) is 2. The van der Waals surface area contributed by atoms with Crippen molar-refractivity contribution in [1.82, 2.24) is 15.1 Å². The summed E-state index contributed by atoms with van der Waals surface area (Å²) in [7, 11) is 1.75. The highest BCUT2D eigenvalue weighted by Gasteiger charge is 2.32. The van der Waals surface area contributed by atoms with E-state index in [1.807, 2.05) is 13.8 Å². The highest BCUT2D eigenvalue weighted by Crippen LogP contribution is 2.26. The number of alkyl halides is 3. The van der Waals surface area contributed by atoms with Crippen molar-refractivity contribution in [3.8, 4) is 0 Å². The summed E-state index contributed by atoms with van der Waals surface area (Å²) >= 11 is 3.38. The quantitative estimate of drug-likeness (QED) is 0.859. The van der Waals surface area contributed by atoms with Gasteiger partial charge in [-0.15, -0.1) is 0 Å². The Hall–Kier alpha value is -0.560. The van der Waals surface area contributed by atoms with Gasteiger partial charge in [-0.25, -0.2) is 0 Å². The molecule has 0 aliphatic carbocycles. The van der Waals surface area contributed by atoms with Crippen molar-refractivity contribution in [2.75, 3.05) is 6.54 Å². The fourth-order valence-corrected chi connectivity index (χ4v) is 2.48. The van der Waals surface area contributed by atoms with Crippen molar-refractivity contribution in [3.63, 3.8) is 0 Å². The Labute approximate surface area is 119 Å². The van der Waals surface area contributed by atoms with Gasteiger partial charge in [0.15, 0.2) is 0 Å². The molecule has 1 atom stereocenters. The first-order valence-corrected chi connectivity index (χ1v) is 7.02. The number of hydrogen-bond donors (Lipinski definition) is 1. The summed E-state index contributed by atoms with van der Waals surface area (Å²) < 4.78 is 40.1. The van der Waals surface area contributed by atoms with E-state index in [0.717, 1.165) is 22.3 Å². The molecule has 0 spiro atoms. The maximum atomic E-state index is 12.6. The van der Waals surface area contributed by atoms with E-state index >= 15 is 0 Å². The first-order valence-electron chi connectivity index (χ1n) is 6.22. The Morgan fingerprint density at radius 1 is 1.42 bits per heavy atom. The van der Waals surface area contributed by atoms with E-state index in [1.54, 1.807) is 11.7 Å². The van der Waals surface area contributed by atoms with Crippen LogP contribution in [0.5, 0.6) is 0 Å². The Morgan fingerprint density at radius 2 is 2.05 bits per heavy atom. The Balaban J connectivity index is 2.81. The second-order valence-corrected chi connectivity index (χ2v) is 5.44. The second-order valence-electron chi connectivity index (χ2n) is 4.64. The number of aryl methyl sites for hydroxylation is 2. The van der Waals surface area contributed by atoms with Crippen LogP contribution in [-0.2, 0) is 13.5 Å². The van der Waals surface area contributed by atoms with Gasteiger partial charge in [-0.1, -0.05) is 6.92 Å². The van der Waals surface area contributed by atoms with Gasteiger partial charge < -0.3 is 5.32 Å². The highest BCUT2D eigenvalue weighted by atomic mass is 79.9. The van der Waals surface area contributed by atoms with E-state index < -0.39 is 18.6 Å². The van der Waals surface area contributed by atoms with Crippen LogP contribution < -0.4 is 5.32 Å². The van der Waals surface area contributed by atoms with E-state index in [-0.39, 0.29) is 0 Å². The Kier molecular flexibility index (Phi) is 5.85. The van der Waals surface area contributed by atoms with Gasteiger partial charge in [0.2, 0.25) is 0 Å². The minimum Gasteiger partial charge on any atom is -0.313 e. The summed E-state index contributed by atoms with van der Waals surface area (Å²) in [6, 6.07) is -0.619. The molecule has 0 amide bonds. The van der Waals surface area contributed by atoms with Gasteiger partial charge in [0.05, 0.1) is 22.3 Å². The summed E-state index contributed by atoms with van der Waals surface area (Å²) in [6.45, 7) is 4.34. The van der Waals surface area contributed by atoms with Gasteiger partial charge in [0.25, 0.3) is 0 Å². The van der Waals surface area contributed by atoms with Gasteiger partial charge >= 0.3 is 6.18 Å². The molecule has 1 rings (SSSR count). The number of aromatic nitrogens is 2. The zero-order valence-electron chi connectivity index (χ0n) is 11.3. The van der Waals surface area contributed by atoms with Crippen molar-refractivity contribution in [2.45, 2.75) is 45.3 Å². The Bertz CT molecular complexity index is 415. The first-order chi connectivity index (χ1) is 8.74. The average molecular weight is 342 g/mol. The normalized spacial score (nSPS) is 13.8. The van der Waals surface area contributed by atoms with Crippen LogP contribution in [0.4, 0.5) is 13.2 Å². The predicted octanol–water partition coefficient (Wildman–Crippen LogP) is 3.35. The smallest absolute Gasteiger partial charge is 0.313 e. The molecule has 0 aromatic carbocycles. The van der Waals surface area contributed by atoms with E-state index in [1.165, 1.54) is 0 Å². The summed E-state index contributed by atoms with van der Waals surface area (Å²) in [4.78, 5) is 0. The lowest BCUT2D eigenvalue weighted by Crippen LogP contribution is -2.36. The number of rotatable bonds is 6. The molecule has 0 aliphatic rings. The molecule has 0 radical (unpaired) electrons. The van der Waals surface area contributed by atoms with Crippen molar-refractivity contribution in [1.29, 1.82) is 0 Å². The van der Waals surface area contributed by atoms with Crippen LogP contribution in [0.2, 0.25) is 0 Å². The summed E-state index contributed by atoms with van der Waals surface area (Å²) in [6.07, 6.45) is -3.88. The molecule has 1 aromatic rings.